The van der Waals surface area contributed by atoms with Crippen molar-refractivity contribution >= 4 is 17.9 Å². The molecule has 5 N–H and O–H groups in total. The van der Waals surface area contributed by atoms with Crippen LogP contribution in [0.2, 0.25) is 0 Å². The largest absolute Gasteiger partial charge is 0.480 e. The summed E-state index contributed by atoms with van der Waals surface area (Å²) >= 11 is 0. The average Bonchev–Trinajstić information content (AvgIpc) is 2.38. The van der Waals surface area contributed by atoms with E-state index in [2.05, 4.69) is 5.32 Å². The van der Waals surface area contributed by atoms with Crippen LogP contribution in [0.15, 0.2) is 0 Å². The van der Waals surface area contributed by atoms with Gasteiger partial charge in [-0.1, -0.05) is 0 Å². The number of nitrogens with two attached hydrogens (primary N) is 1. The van der Waals surface area contributed by atoms with E-state index in [-0.39, 0.29) is 24.9 Å². The van der Waals surface area contributed by atoms with Gasteiger partial charge in [-0.3, -0.25) is 4.79 Å². The minimum atomic E-state index is -1.19. The first kappa shape index (κ1) is 15.2. The Morgan fingerprint density at radius 1 is 1.32 bits per heavy atom. The number of aliphatic hydroxyl groups is 1. The fraction of sp³-hybridized carbons (Fsp3) is 0.727. The second-order valence-electron chi connectivity index (χ2n) is 4.52. The summed E-state index contributed by atoms with van der Waals surface area (Å²) in [5.74, 6) is -1.78. The lowest BCUT2D eigenvalue weighted by Crippen LogP contribution is -2.51. The smallest absolute Gasteiger partial charge is 0.326 e. The maximum absolute atomic E-state index is 11.8. The van der Waals surface area contributed by atoms with Gasteiger partial charge in [0.1, 0.15) is 6.04 Å². The highest BCUT2D eigenvalue weighted by Gasteiger charge is 2.28. The zero-order valence-corrected chi connectivity index (χ0v) is 10.5. The monoisotopic (exact) mass is 273 g/mol. The van der Waals surface area contributed by atoms with Crippen LogP contribution in [0.3, 0.4) is 0 Å². The van der Waals surface area contributed by atoms with Crippen LogP contribution in [0, 0.1) is 5.92 Å². The normalized spacial score (nSPS) is 17.8. The van der Waals surface area contributed by atoms with Gasteiger partial charge in [0.15, 0.2) is 0 Å². The number of amides is 3. The number of piperidine rings is 1. The highest BCUT2D eigenvalue weighted by atomic mass is 16.4. The number of carboxylic acids is 1. The number of likely N-dealkylation sites (tertiary alicyclic amines) is 1. The summed E-state index contributed by atoms with van der Waals surface area (Å²) in [5.41, 5.74) is 5.19. The number of nitrogens with zero attached hydrogens (tertiary/aromatic N) is 1. The molecule has 0 aromatic carbocycles. The van der Waals surface area contributed by atoms with Gasteiger partial charge in [0, 0.05) is 32.0 Å². The number of urea groups is 1. The summed E-state index contributed by atoms with van der Waals surface area (Å²) in [6, 6.07) is -1.60. The molecule has 108 valence electrons. The number of carbonyl (C=O) groups is 3. The SMILES string of the molecule is NC(=O)C1CCN(C(=O)N[C@@H](CCO)C(=O)O)CC1. The zero-order valence-electron chi connectivity index (χ0n) is 10.5. The Balaban J connectivity index is 2.46. The molecule has 0 spiro atoms. The molecule has 3 amide bonds. The Hall–Kier alpha value is -1.83. The Bertz CT molecular complexity index is 352. The molecule has 0 radical (unpaired) electrons. The van der Waals surface area contributed by atoms with Gasteiger partial charge in [0.25, 0.3) is 0 Å². The number of aliphatic hydroxyl groups excluding tert-OH is 1. The number of nitrogens with one attached hydrogen (secondary N) is 1. The molecule has 1 atom stereocenters. The third-order valence-corrected chi connectivity index (χ3v) is 3.20. The summed E-state index contributed by atoms with van der Waals surface area (Å²) in [4.78, 5) is 35.1. The Morgan fingerprint density at radius 3 is 2.32 bits per heavy atom. The summed E-state index contributed by atoms with van der Waals surface area (Å²) < 4.78 is 0. The number of primary amides is 1. The first-order chi connectivity index (χ1) is 8.95. The van der Waals surface area contributed by atoms with Crippen molar-refractivity contribution < 1.29 is 24.6 Å². The van der Waals surface area contributed by atoms with Crippen LogP contribution < -0.4 is 11.1 Å². The van der Waals surface area contributed by atoms with Crippen LogP contribution in [-0.4, -0.2) is 58.8 Å². The summed E-state index contributed by atoms with van der Waals surface area (Å²) in [7, 11) is 0. The Morgan fingerprint density at radius 2 is 1.89 bits per heavy atom. The lowest BCUT2D eigenvalue weighted by atomic mass is 9.96. The van der Waals surface area contributed by atoms with Crippen LogP contribution in [0.5, 0.6) is 0 Å². The fourth-order valence-electron chi connectivity index (χ4n) is 1.99. The van der Waals surface area contributed by atoms with Gasteiger partial charge in [-0.05, 0) is 12.8 Å². The summed E-state index contributed by atoms with van der Waals surface area (Å²) in [6.07, 6.45) is 0.930. The lowest BCUT2D eigenvalue weighted by Gasteiger charge is -2.31. The Kier molecular flexibility index (Phi) is 5.56. The maximum atomic E-state index is 11.8. The van der Waals surface area contributed by atoms with Gasteiger partial charge in [-0.15, -0.1) is 0 Å². The van der Waals surface area contributed by atoms with Crippen LogP contribution in [-0.2, 0) is 9.59 Å². The molecule has 0 unspecified atom stereocenters. The van der Waals surface area contributed by atoms with E-state index in [4.69, 9.17) is 15.9 Å². The summed E-state index contributed by atoms with van der Waals surface area (Å²) in [6.45, 7) is 0.413. The van der Waals surface area contributed by atoms with Crippen LogP contribution in [0.1, 0.15) is 19.3 Å². The minimum Gasteiger partial charge on any atom is -0.480 e. The molecule has 8 heteroatoms. The molecule has 0 aromatic rings. The molecule has 1 saturated heterocycles. The number of hydrogen-bond acceptors (Lipinski definition) is 4. The lowest BCUT2D eigenvalue weighted by molar-refractivity contribution is -0.139. The van der Waals surface area contributed by atoms with Gasteiger partial charge >= 0.3 is 12.0 Å². The molecule has 1 aliphatic heterocycles. The molecule has 1 heterocycles. The number of carbonyl (C=O) groups excluding carboxylic acids is 2. The standard InChI is InChI=1S/C11H19N3O5/c12-9(16)7-1-4-14(5-2-7)11(19)13-8(3-6-15)10(17)18/h7-8,15H,1-6H2,(H2,12,16)(H,13,19)(H,17,18)/t8-/m0/s1. The van der Waals surface area contributed by atoms with Crippen LogP contribution >= 0.6 is 0 Å². The minimum absolute atomic E-state index is 0.0428. The molecule has 0 aliphatic carbocycles. The third kappa shape index (κ3) is 4.40. The molecule has 1 rings (SSSR count). The fourth-order valence-corrected chi connectivity index (χ4v) is 1.99. The first-order valence-corrected chi connectivity index (χ1v) is 6.14. The summed E-state index contributed by atoms with van der Waals surface area (Å²) in [5, 5.41) is 19.9. The molecular weight excluding hydrogens is 254 g/mol. The highest BCUT2D eigenvalue weighted by molar-refractivity contribution is 5.83. The second-order valence-corrected chi connectivity index (χ2v) is 4.52. The van der Waals surface area contributed by atoms with Crippen molar-refractivity contribution in [2.75, 3.05) is 19.7 Å². The topological polar surface area (TPSA) is 133 Å². The van der Waals surface area contributed by atoms with Crippen molar-refractivity contribution in [3.8, 4) is 0 Å². The third-order valence-electron chi connectivity index (χ3n) is 3.20. The van der Waals surface area contributed by atoms with Gasteiger partial charge in [-0.25, -0.2) is 9.59 Å². The molecule has 1 aliphatic rings. The number of rotatable bonds is 5. The van der Waals surface area contributed by atoms with Crippen molar-refractivity contribution in [2.45, 2.75) is 25.3 Å². The number of hydrogen-bond donors (Lipinski definition) is 4. The van der Waals surface area contributed by atoms with Gasteiger partial charge < -0.3 is 26.2 Å². The van der Waals surface area contributed by atoms with E-state index in [0.29, 0.717) is 25.9 Å². The van der Waals surface area contributed by atoms with Crippen molar-refractivity contribution in [3.05, 3.63) is 0 Å². The highest BCUT2D eigenvalue weighted by Crippen LogP contribution is 2.16. The Labute approximate surface area is 110 Å². The van der Waals surface area contributed by atoms with E-state index in [0.717, 1.165) is 0 Å². The molecule has 0 bridgehead atoms. The predicted molar refractivity (Wildman–Crippen MR) is 65.1 cm³/mol. The molecule has 8 nitrogen and oxygen atoms in total. The molecular formula is C11H19N3O5. The quantitative estimate of drug-likeness (QED) is 0.495. The molecule has 19 heavy (non-hydrogen) atoms. The van der Waals surface area contributed by atoms with Gasteiger partial charge in [0.05, 0.1) is 0 Å². The van der Waals surface area contributed by atoms with Gasteiger partial charge in [-0.2, -0.15) is 0 Å². The van der Waals surface area contributed by atoms with Crippen molar-refractivity contribution in [3.63, 3.8) is 0 Å². The van der Waals surface area contributed by atoms with Crippen molar-refractivity contribution in [1.29, 1.82) is 0 Å². The predicted octanol–water partition coefficient (Wildman–Crippen LogP) is -1.27. The van der Waals surface area contributed by atoms with E-state index in [1.807, 2.05) is 0 Å². The molecule has 0 saturated carbocycles. The molecule has 0 aromatic heterocycles. The van der Waals surface area contributed by atoms with Gasteiger partial charge in [0.2, 0.25) is 5.91 Å². The average molecular weight is 273 g/mol. The van der Waals surface area contributed by atoms with E-state index in [1.165, 1.54) is 4.90 Å². The van der Waals surface area contributed by atoms with Crippen molar-refractivity contribution in [1.82, 2.24) is 10.2 Å². The van der Waals surface area contributed by atoms with E-state index >= 15 is 0 Å². The zero-order chi connectivity index (χ0) is 14.4. The van der Waals surface area contributed by atoms with Crippen LogP contribution in [0.4, 0.5) is 4.79 Å². The van der Waals surface area contributed by atoms with Crippen molar-refractivity contribution in [2.24, 2.45) is 11.7 Å². The maximum Gasteiger partial charge on any atom is 0.326 e. The van der Waals surface area contributed by atoms with E-state index in [9.17, 15) is 14.4 Å². The molecule has 1 fully saturated rings. The van der Waals surface area contributed by atoms with E-state index < -0.39 is 18.0 Å². The second kappa shape index (κ2) is 6.93. The number of carboxylic acid groups (broad SMARTS) is 1. The first-order valence-electron chi connectivity index (χ1n) is 6.14. The number of aliphatic carboxylic acids is 1. The van der Waals surface area contributed by atoms with Crippen LogP contribution in [0.25, 0.3) is 0 Å². The van der Waals surface area contributed by atoms with E-state index in [1.54, 1.807) is 0 Å².